The van der Waals surface area contributed by atoms with E-state index in [-0.39, 0.29) is 5.41 Å². The van der Waals surface area contributed by atoms with Crippen molar-refractivity contribution in [1.82, 2.24) is 0 Å². The topological polar surface area (TPSA) is 3.24 Å². The van der Waals surface area contributed by atoms with Crippen molar-refractivity contribution in [2.75, 3.05) is 4.90 Å². The average Bonchev–Trinajstić information content (AvgIpc) is 3.59. The SMILES string of the molecule is C=C/C=C\C1=C(C)c2ccc(N(c3ccc(-c4cccc(-c5ccc6c(ccc7ccccc76)c5)c4)cc3)c3ccc(-c4cccc(-c5ccc6c(ccc7ccccc76)c5)c4)cc3)cc2C1(C)C. The Labute approximate surface area is 405 Å². The smallest absolute Gasteiger partial charge is 0.0465 e. The summed E-state index contributed by atoms with van der Waals surface area (Å²) in [6, 6.07) is 83.0. The minimum absolute atomic E-state index is 0.165. The number of anilines is 3. The van der Waals surface area contributed by atoms with E-state index in [9.17, 15) is 0 Å². The molecule has 1 aliphatic rings. The number of nitrogens with zero attached hydrogens (tertiary/aromatic N) is 1. The van der Waals surface area contributed by atoms with Crippen LogP contribution in [-0.2, 0) is 5.41 Å². The van der Waals surface area contributed by atoms with Gasteiger partial charge in [-0.15, -0.1) is 0 Å². The summed E-state index contributed by atoms with van der Waals surface area (Å²) >= 11 is 0. The standard InChI is InChI=1S/C68H51N/c1-5-6-21-66-45(2)61-39-36-60(44-67(61)68(66,3)4)69(58-32-26-46(27-33-58)50-15-11-17-52(40-50)54-30-37-64-56(42-54)24-22-48-13-7-9-19-62(48)64)59-34-28-47(29-35-59)51-16-12-18-53(41-51)55-31-38-65-57(43-55)25-23-49-14-8-10-20-63(49)65/h5-44H,1H2,2-4H3/b21-6-. The Kier molecular flexibility index (Phi) is 10.3. The maximum Gasteiger partial charge on any atom is 0.0465 e. The number of fused-ring (bicyclic) bond motifs is 7. The van der Waals surface area contributed by atoms with Gasteiger partial charge in [0.1, 0.15) is 0 Å². The van der Waals surface area contributed by atoms with E-state index in [1.807, 2.05) is 6.08 Å². The van der Waals surface area contributed by atoms with Crippen molar-refractivity contribution in [3.8, 4) is 44.5 Å². The Bertz CT molecular complexity index is 3670. The van der Waals surface area contributed by atoms with Gasteiger partial charge < -0.3 is 4.90 Å². The van der Waals surface area contributed by atoms with Crippen LogP contribution in [0.5, 0.6) is 0 Å². The molecule has 0 bridgehead atoms. The zero-order valence-corrected chi connectivity index (χ0v) is 39.2. The van der Waals surface area contributed by atoms with E-state index in [1.54, 1.807) is 0 Å². The predicted molar refractivity (Wildman–Crippen MR) is 298 cm³/mol. The second-order valence-corrected chi connectivity index (χ2v) is 19.0. The quantitative estimate of drug-likeness (QED) is 0.103. The monoisotopic (exact) mass is 881 g/mol. The van der Waals surface area contributed by atoms with Crippen molar-refractivity contribution in [2.24, 2.45) is 0 Å². The van der Waals surface area contributed by atoms with Crippen molar-refractivity contribution in [3.05, 3.63) is 266 Å². The van der Waals surface area contributed by atoms with Gasteiger partial charge >= 0.3 is 0 Å². The van der Waals surface area contributed by atoms with Crippen LogP contribution in [0, 0.1) is 0 Å². The summed E-state index contributed by atoms with van der Waals surface area (Å²) in [6.45, 7) is 10.9. The lowest BCUT2D eigenvalue weighted by molar-refractivity contribution is 0.654. The van der Waals surface area contributed by atoms with Crippen LogP contribution in [0.2, 0.25) is 0 Å². The zero-order chi connectivity index (χ0) is 46.6. The highest BCUT2D eigenvalue weighted by molar-refractivity contribution is 6.09. The fourth-order valence-electron chi connectivity index (χ4n) is 11.0. The largest absolute Gasteiger partial charge is 0.310 e. The third-order valence-electron chi connectivity index (χ3n) is 14.6. The lowest BCUT2D eigenvalue weighted by Gasteiger charge is -2.29. The maximum absolute atomic E-state index is 3.96. The molecule has 328 valence electrons. The first-order chi connectivity index (χ1) is 33.8. The van der Waals surface area contributed by atoms with Gasteiger partial charge in [-0.3, -0.25) is 0 Å². The molecule has 1 nitrogen and oxygen atoms in total. The molecular weight excluding hydrogens is 831 g/mol. The minimum Gasteiger partial charge on any atom is -0.310 e. The van der Waals surface area contributed by atoms with Crippen molar-refractivity contribution in [2.45, 2.75) is 26.2 Å². The molecule has 0 fully saturated rings. The van der Waals surface area contributed by atoms with Crippen LogP contribution in [0.4, 0.5) is 17.1 Å². The van der Waals surface area contributed by atoms with Gasteiger partial charge in [0.05, 0.1) is 0 Å². The molecule has 0 heterocycles. The molecule has 0 amide bonds. The first-order valence-corrected chi connectivity index (χ1v) is 24.0. The molecule has 0 saturated heterocycles. The van der Waals surface area contributed by atoms with Gasteiger partial charge in [0, 0.05) is 22.5 Å². The molecule has 12 rings (SSSR count). The summed E-state index contributed by atoms with van der Waals surface area (Å²) in [5, 5.41) is 10.2. The second kappa shape index (κ2) is 17.0. The Balaban J connectivity index is 0.888. The van der Waals surface area contributed by atoms with E-state index in [0.29, 0.717) is 0 Å². The van der Waals surface area contributed by atoms with E-state index >= 15 is 0 Å². The molecule has 0 N–H and O–H groups in total. The molecule has 0 aliphatic heterocycles. The van der Waals surface area contributed by atoms with E-state index in [4.69, 9.17) is 0 Å². The molecular formula is C68H51N. The van der Waals surface area contributed by atoms with Crippen LogP contribution < -0.4 is 4.90 Å². The van der Waals surface area contributed by atoms with Gasteiger partial charge in [-0.1, -0.05) is 202 Å². The third kappa shape index (κ3) is 7.44. The number of rotatable bonds is 9. The average molecular weight is 882 g/mol. The molecule has 0 spiro atoms. The zero-order valence-electron chi connectivity index (χ0n) is 39.2. The Morgan fingerprint density at radius 2 is 0.797 bits per heavy atom. The summed E-state index contributed by atoms with van der Waals surface area (Å²) in [5.74, 6) is 0. The van der Waals surface area contributed by atoms with E-state index in [0.717, 1.165) is 17.1 Å². The van der Waals surface area contributed by atoms with E-state index in [1.165, 1.54) is 110 Å². The number of allylic oxidation sites excluding steroid dienone is 5. The summed E-state index contributed by atoms with van der Waals surface area (Å²) in [6.07, 6.45) is 6.15. The number of hydrogen-bond acceptors (Lipinski definition) is 1. The third-order valence-corrected chi connectivity index (χ3v) is 14.6. The first kappa shape index (κ1) is 41.9. The summed E-state index contributed by atoms with van der Waals surface area (Å²) in [7, 11) is 0. The first-order valence-electron chi connectivity index (χ1n) is 24.0. The molecule has 0 aromatic heterocycles. The summed E-state index contributed by atoms with van der Waals surface area (Å²) in [4.78, 5) is 2.40. The number of hydrogen-bond donors (Lipinski definition) is 0. The Hall–Kier alpha value is -8.52. The van der Waals surface area contributed by atoms with Crippen LogP contribution in [0.3, 0.4) is 0 Å². The lowest BCUT2D eigenvalue weighted by Crippen LogP contribution is -2.17. The van der Waals surface area contributed by atoms with Gasteiger partial charge in [0.25, 0.3) is 0 Å². The van der Waals surface area contributed by atoms with Gasteiger partial charge in [0.15, 0.2) is 0 Å². The summed E-state index contributed by atoms with van der Waals surface area (Å²) < 4.78 is 0. The molecule has 0 atom stereocenters. The molecule has 1 aliphatic carbocycles. The van der Waals surface area contributed by atoms with Crippen molar-refractivity contribution >= 4 is 65.7 Å². The lowest BCUT2D eigenvalue weighted by atomic mass is 9.80. The molecule has 69 heavy (non-hydrogen) atoms. The fourth-order valence-corrected chi connectivity index (χ4v) is 11.0. The van der Waals surface area contributed by atoms with E-state index < -0.39 is 0 Å². The second-order valence-electron chi connectivity index (χ2n) is 19.0. The van der Waals surface area contributed by atoms with E-state index in [2.05, 4.69) is 269 Å². The highest BCUT2D eigenvalue weighted by atomic mass is 15.1. The normalized spacial score (nSPS) is 13.2. The maximum atomic E-state index is 3.96. The van der Waals surface area contributed by atoms with Crippen molar-refractivity contribution in [1.29, 1.82) is 0 Å². The summed E-state index contributed by atoms with van der Waals surface area (Å²) in [5.41, 5.74) is 18.0. The van der Waals surface area contributed by atoms with Crippen LogP contribution in [0.1, 0.15) is 31.9 Å². The van der Waals surface area contributed by atoms with Crippen LogP contribution in [0.15, 0.2) is 255 Å². The Morgan fingerprint density at radius 1 is 0.377 bits per heavy atom. The van der Waals surface area contributed by atoms with Crippen molar-refractivity contribution < 1.29 is 0 Å². The highest BCUT2D eigenvalue weighted by Crippen LogP contribution is 2.49. The molecule has 1 heteroatoms. The number of benzene rings is 11. The fraction of sp³-hybridized carbons (Fsp3) is 0.0588. The van der Waals surface area contributed by atoms with Gasteiger partial charge in [-0.05, 0) is 177 Å². The predicted octanol–water partition coefficient (Wildman–Crippen LogP) is 19.2. The van der Waals surface area contributed by atoms with Crippen LogP contribution >= 0.6 is 0 Å². The molecule has 0 saturated carbocycles. The van der Waals surface area contributed by atoms with Crippen molar-refractivity contribution in [3.63, 3.8) is 0 Å². The molecule has 11 aromatic carbocycles. The van der Waals surface area contributed by atoms with Gasteiger partial charge in [0.2, 0.25) is 0 Å². The highest BCUT2D eigenvalue weighted by Gasteiger charge is 2.35. The molecule has 11 aromatic rings. The molecule has 0 unspecified atom stereocenters. The molecule has 0 radical (unpaired) electrons. The Morgan fingerprint density at radius 3 is 1.30 bits per heavy atom. The van der Waals surface area contributed by atoms with Gasteiger partial charge in [-0.2, -0.15) is 0 Å². The van der Waals surface area contributed by atoms with Crippen LogP contribution in [-0.4, -0.2) is 0 Å². The minimum atomic E-state index is -0.165. The van der Waals surface area contributed by atoms with Gasteiger partial charge in [-0.25, -0.2) is 0 Å². The van der Waals surface area contributed by atoms with Crippen LogP contribution in [0.25, 0.3) is 93.2 Å².